The fourth-order valence-electron chi connectivity index (χ4n) is 6.45. The molecule has 1 aliphatic heterocycles. The molecule has 9 nitrogen and oxygen atoms in total. The number of piperidine rings is 1. The zero-order valence-electron chi connectivity index (χ0n) is 27.3. The molecule has 1 aromatic heterocycles. The summed E-state index contributed by atoms with van der Waals surface area (Å²) in [5, 5.41) is 0.800. The minimum absolute atomic E-state index is 0.153. The Morgan fingerprint density at radius 2 is 1.93 bits per heavy atom. The third-order valence-electron chi connectivity index (χ3n) is 8.77. The van der Waals surface area contributed by atoms with E-state index in [4.69, 9.17) is 14.7 Å². The van der Waals surface area contributed by atoms with Crippen LogP contribution in [0.15, 0.2) is 35.5 Å². The lowest BCUT2D eigenvalue weighted by Gasteiger charge is -2.44. The van der Waals surface area contributed by atoms with Gasteiger partial charge in [-0.15, -0.1) is 11.8 Å². The number of aryl methyl sites for hydroxylation is 1. The molecule has 2 N–H and O–H groups in total. The Kier molecular flexibility index (Phi) is 11.8. The van der Waals surface area contributed by atoms with E-state index in [1.165, 1.54) is 23.7 Å². The van der Waals surface area contributed by atoms with E-state index in [0.717, 1.165) is 73.7 Å². The van der Waals surface area contributed by atoms with Gasteiger partial charge in [0.1, 0.15) is 10.8 Å². The second-order valence-electron chi connectivity index (χ2n) is 13.4. The first kappa shape index (κ1) is 34.7. The molecule has 1 aromatic carbocycles. The van der Waals surface area contributed by atoms with E-state index in [0.29, 0.717) is 24.7 Å². The molecule has 0 saturated carbocycles. The summed E-state index contributed by atoms with van der Waals surface area (Å²) in [6.07, 6.45) is 9.13. The summed E-state index contributed by atoms with van der Waals surface area (Å²) in [6.45, 7) is 13.9. The molecule has 1 saturated heterocycles. The van der Waals surface area contributed by atoms with Crippen molar-refractivity contribution in [2.75, 3.05) is 30.3 Å². The number of nitrogens with one attached hydrogen (secondary N) is 2. The number of anilines is 1. The molecule has 44 heavy (non-hydrogen) atoms. The van der Waals surface area contributed by atoms with Gasteiger partial charge in [0.25, 0.3) is 10.2 Å². The SMILES string of the molecule is CCCCC(CC)COC(=O)CCSc1cnc(N2CCC3(CC2)Cc2ccccc2[C@H]3NS(=O)(=O)NC(C)(C)C)c(C)n1. The number of esters is 1. The lowest BCUT2D eigenvalue weighted by Crippen LogP contribution is -2.52. The number of unbranched alkanes of at least 4 members (excludes halogenated alkanes) is 1. The topological polar surface area (TPSA) is 114 Å². The monoisotopic (exact) mass is 645 g/mol. The first-order valence-electron chi connectivity index (χ1n) is 16.1. The molecule has 1 aliphatic carbocycles. The van der Waals surface area contributed by atoms with Crippen molar-refractivity contribution in [3.8, 4) is 0 Å². The fraction of sp³-hybridized carbons (Fsp3) is 0.667. The summed E-state index contributed by atoms with van der Waals surface area (Å²) >= 11 is 1.53. The number of rotatable bonds is 14. The summed E-state index contributed by atoms with van der Waals surface area (Å²) in [4.78, 5) is 24.1. The average Bonchev–Trinajstić information content (AvgIpc) is 3.24. The number of carbonyl (C=O) groups excluding carboxylic acids is 1. The molecular formula is C33H51N5O4S2. The first-order chi connectivity index (χ1) is 20.8. The zero-order chi connectivity index (χ0) is 32.0. The molecule has 1 fully saturated rings. The van der Waals surface area contributed by atoms with Crippen molar-refractivity contribution in [3.05, 3.63) is 47.3 Å². The highest BCUT2D eigenvalue weighted by Crippen LogP contribution is 2.52. The molecule has 1 spiro atoms. The number of fused-ring (bicyclic) bond motifs is 1. The quantitative estimate of drug-likeness (QED) is 0.186. The Bertz CT molecular complexity index is 1370. The van der Waals surface area contributed by atoms with Gasteiger partial charge in [0.05, 0.1) is 31.0 Å². The van der Waals surface area contributed by atoms with Gasteiger partial charge in [-0.25, -0.2) is 9.97 Å². The predicted octanol–water partition coefficient (Wildman–Crippen LogP) is 6.13. The Labute approximate surface area is 268 Å². The third kappa shape index (κ3) is 9.17. The zero-order valence-corrected chi connectivity index (χ0v) is 29.0. The summed E-state index contributed by atoms with van der Waals surface area (Å²) in [5.41, 5.74) is 2.37. The Hall–Kier alpha value is -2.21. The fourth-order valence-corrected chi connectivity index (χ4v) is 8.81. The van der Waals surface area contributed by atoms with Gasteiger partial charge in [-0.1, -0.05) is 57.4 Å². The second-order valence-corrected chi connectivity index (χ2v) is 16.0. The van der Waals surface area contributed by atoms with Crippen LogP contribution in [-0.2, 0) is 26.2 Å². The molecular weight excluding hydrogens is 595 g/mol. The molecule has 0 bridgehead atoms. The standard InChI is InChI=1S/C33H51N5O4S2/c1-7-9-12-25(8-2)23-42-29(39)15-20-43-28-22-34-31(24(3)35-28)38-18-16-33(17-19-38)21-26-13-10-11-14-27(26)30(33)36-44(40,41)37-32(4,5)6/h10-11,13-14,22,25,30,36-37H,7-9,12,15-21,23H2,1-6H3/t25?,30-/m1/s1. The largest absolute Gasteiger partial charge is 0.465 e. The molecule has 2 aliphatic rings. The minimum Gasteiger partial charge on any atom is -0.465 e. The number of nitrogens with zero attached hydrogens (tertiary/aromatic N) is 3. The molecule has 2 heterocycles. The van der Waals surface area contributed by atoms with Crippen LogP contribution in [0, 0.1) is 18.3 Å². The highest BCUT2D eigenvalue weighted by atomic mass is 32.2. The number of hydrogen-bond acceptors (Lipinski definition) is 8. The van der Waals surface area contributed by atoms with Crippen LogP contribution in [0.2, 0.25) is 0 Å². The maximum absolute atomic E-state index is 13.1. The van der Waals surface area contributed by atoms with Crippen LogP contribution in [0.3, 0.4) is 0 Å². The van der Waals surface area contributed by atoms with Gasteiger partial charge in [-0.05, 0) is 75.8 Å². The van der Waals surface area contributed by atoms with Gasteiger partial charge in [0.15, 0.2) is 0 Å². The molecule has 0 radical (unpaired) electrons. The average molecular weight is 646 g/mol. The van der Waals surface area contributed by atoms with Gasteiger partial charge in [0, 0.05) is 24.4 Å². The molecule has 2 atom stereocenters. The van der Waals surface area contributed by atoms with Crippen LogP contribution in [-0.4, -0.2) is 55.3 Å². The van der Waals surface area contributed by atoms with E-state index in [1.807, 2.05) is 39.8 Å². The Balaban J connectivity index is 1.33. The van der Waals surface area contributed by atoms with Gasteiger partial charge >= 0.3 is 5.97 Å². The van der Waals surface area contributed by atoms with Crippen molar-refractivity contribution >= 4 is 33.8 Å². The van der Waals surface area contributed by atoms with Crippen molar-refractivity contribution in [3.63, 3.8) is 0 Å². The summed E-state index contributed by atoms with van der Waals surface area (Å²) in [5.74, 6) is 1.76. The van der Waals surface area contributed by atoms with Crippen LogP contribution in [0.4, 0.5) is 5.82 Å². The van der Waals surface area contributed by atoms with Crippen molar-refractivity contribution < 1.29 is 17.9 Å². The molecule has 0 amide bonds. The van der Waals surface area contributed by atoms with Gasteiger partial charge in [-0.2, -0.15) is 17.9 Å². The maximum atomic E-state index is 13.1. The smallest absolute Gasteiger partial charge is 0.306 e. The number of thioether (sulfide) groups is 1. The van der Waals surface area contributed by atoms with Gasteiger partial charge < -0.3 is 9.64 Å². The van der Waals surface area contributed by atoms with Crippen molar-refractivity contribution in [1.82, 2.24) is 19.4 Å². The molecule has 1 unspecified atom stereocenters. The van der Waals surface area contributed by atoms with E-state index >= 15 is 0 Å². The molecule has 2 aromatic rings. The summed E-state index contributed by atoms with van der Waals surface area (Å²) < 4.78 is 37.6. The number of aromatic nitrogens is 2. The first-order valence-corrected chi connectivity index (χ1v) is 18.6. The number of hydrogen-bond donors (Lipinski definition) is 2. The van der Waals surface area contributed by atoms with Gasteiger partial charge in [0.2, 0.25) is 0 Å². The highest BCUT2D eigenvalue weighted by molar-refractivity contribution is 7.99. The van der Waals surface area contributed by atoms with Crippen LogP contribution in [0.5, 0.6) is 0 Å². The number of carbonyl (C=O) groups is 1. The lowest BCUT2D eigenvalue weighted by molar-refractivity contribution is -0.144. The van der Waals surface area contributed by atoms with Crippen molar-refractivity contribution in [2.45, 2.75) is 110 Å². The van der Waals surface area contributed by atoms with Crippen molar-refractivity contribution in [2.24, 2.45) is 11.3 Å². The summed E-state index contributed by atoms with van der Waals surface area (Å²) in [7, 11) is -3.71. The van der Waals surface area contributed by atoms with Gasteiger partial charge in [-0.3, -0.25) is 4.79 Å². The van der Waals surface area contributed by atoms with Crippen molar-refractivity contribution in [1.29, 1.82) is 0 Å². The van der Waals surface area contributed by atoms with Crippen LogP contribution >= 0.6 is 11.8 Å². The van der Waals surface area contributed by atoms with Crippen LogP contribution in [0.1, 0.15) is 102 Å². The van der Waals surface area contributed by atoms with E-state index in [1.54, 1.807) is 6.20 Å². The summed E-state index contributed by atoms with van der Waals surface area (Å²) in [6, 6.07) is 7.91. The molecule has 244 valence electrons. The predicted molar refractivity (Wildman–Crippen MR) is 178 cm³/mol. The van der Waals surface area contributed by atoms with Crippen LogP contribution in [0.25, 0.3) is 0 Å². The van der Waals surface area contributed by atoms with E-state index in [9.17, 15) is 13.2 Å². The number of benzene rings is 1. The Morgan fingerprint density at radius 1 is 1.20 bits per heavy atom. The van der Waals surface area contributed by atoms with E-state index in [2.05, 4.69) is 40.3 Å². The third-order valence-corrected chi connectivity index (χ3v) is 11.1. The minimum atomic E-state index is -3.71. The maximum Gasteiger partial charge on any atom is 0.306 e. The van der Waals surface area contributed by atoms with E-state index < -0.39 is 15.7 Å². The Morgan fingerprint density at radius 3 is 2.59 bits per heavy atom. The number of ether oxygens (including phenoxy) is 1. The second kappa shape index (κ2) is 14.9. The van der Waals surface area contributed by atoms with E-state index in [-0.39, 0.29) is 17.4 Å². The molecule has 11 heteroatoms. The highest BCUT2D eigenvalue weighted by Gasteiger charge is 2.49. The normalized spacial score (nSPS) is 18.8. The van der Waals surface area contributed by atoms with Crippen LogP contribution < -0.4 is 14.3 Å². The molecule has 4 rings (SSSR count). The lowest BCUT2D eigenvalue weighted by atomic mass is 9.73.